The minimum Gasteiger partial charge on any atom is -0.508 e. The Balaban J connectivity index is 1.72. The van der Waals surface area contributed by atoms with Crippen molar-refractivity contribution in [1.82, 2.24) is 4.90 Å². The summed E-state index contributed by atoms with van der Waals surface area (Å²) in [5, 5.41) is 9.99. The maximum atomic E-state index is 13.1. The highest BCUT2D eigenvalue weighted by Gasteiger charge is 2.48. The lowest BCUT2D eigenvalue weighted by Crippen LogP contribution is -2.52. The number of phenolic OH excluding ortho intramolecular Hbond substituents is 1. The first-order valence-corrected chi connectivity index (χ1v) is 9.34. The van der Waals surface area contributed by atoms with Crippen molar-refractivity contribution in [2.75, 3.05) is 20.1 Å². The fourth-order valence-electron chi connectivity index (χ4n) is 4.70. The second kappa shape index (κ2) is 6.73. The topological polar surface area (TPSA) is 40.5 Å². The van der Waals surface area contributed by atoms with Crippen molar-refractivity contribution in [2.24, 2.45) is 5.92 Å². The second-order valence-corrected chi connectivity index (χ2v) is 7.80. The lowest BCUT2D eigenvalue weighted by Gasteiger charge is -2.50. The van der Waals surface area contributed by atoms with Crippen LogP contribution in [0.2, 0.25) is 0 Å². The SMILES string of the molecule is CN1CC[C@@]2(c3cccc(O)c3)CC(=O)C(=Cc3ccccc3)C[C@@H]2C1. The van der Waals surface area contributed by atoms with Gasteiger partial charge in [-0.3, -0.25) is 4.79 Å². The van der Waals surface area contributed by atoms with Gasteiger partial charge in [-0.05, 0) is 67.3 Å². The number of carbonyl (C=O) groups is 1. The molecule has 1 aliphatic heterocycles. The van der Waals surface area contributed by atoms with Gasteiger partial charge in [0.15, 0.2) is 5.78 Å². The van der Waals surface area contributed by atoms with Gasteiger partial charge in [0.25, 0.3) is 0 Å². The molecule has 0 amide bonds. The molecule has 26 heavy (non-hydrogen) atoms. The Morgan fingerprint density at radius 3 is 2.73 bits per heavy atom. The predicted octanol–water partition coefficient (Wildman–Crippen LogP) is 4.03. The smallest absolute Gasteiger partial charge is 0.159 e. The summed E-state index contributed by atoms with van der Waals surface area (Å²) in [4.78, 5) is 15.4. The second-order valence-electron chi connectivity index (χ2n) is 7.80. The molecule has 3 nitrogen and oxygen atoms in total. The van der Waals surface area contributed by atoms with Gasteiger partial charge in [-0.2, -0.15) is 0 Å². The first-order valence-electron chi connectivity index (χ1n) is 9.34. The number of aromatic hydroxyl groups is 1. The number of nitrogens with zero attached hydrogens (tertiary/aromatic N) is 1. The van der Waals surface area contributed by atoms with Crippen LogP contribution < -0.4 is 0 Å². The van der Waals surface area contributed by atoms with Crippen molar-refractivity contribution in [3.63, 3.8) is 0 Å². The molecule has 1 saturated heterocycles. The Bertz CT molecular complexity index is 842. The summed E-state index contributed by atoms with van der Waals surface area (Å²) in [5.74, 6) is 0.918. The Labute approximate surface area is 155 Å². The molecule has 2 atom stereocenters. The van der Waals surface area contributed by atoms with Gasteiger partial charge in [-0.1, -0.05) is 42.5 Å². The molecule has 1 aliphatic carbocycles. The monoisotopic (exact) mass is 347 g/mol. The van der Waals surface area contributed by atoms with Crippen LogP contribution in [0.25, 0.3) is 6.08 Å². The molecule has 0 unspecified atom stereocenters. The van der Waals surface area contributed by atoms with E-state index in [4.69, 9.17) is 0 Å². The number of piperidine rings is 1. The van der Waals surface area contributed by atoms with Crippen LogP contribution in [-0.2, 0) is 10.2 Å². The Morgan fingerprint density at radius 1 is 1.15 bits per heavy atom. The molecule has 0 radical (unpaired) electrons. The molecular weight excluding hydrogens is 322 g/mol. The summed E-state index contributed by atoms with van der Waals surface area (Å²) in [5.41, 5.74) is 2.98. The molecule has 1 N–H and O–H groups in total. The van der Waals surface area contributed by atoms with Gasteiger partial charge in [-0.15, -0.1) is 0 Å². The molecule has 1 saturated carbocycles. The van der Waals surface area contributed by atoms with Crippen LogP contribution >= 0.6 is 0 Å². The number of ketones is 1. The predicted molar refractivity (Wildman–Crippen MR) is 104 cm³/mol. The third-order valence-corrected chi connectivity index (χ3v) is 6.12. The molecule has 0 bridgehead atoms. The van der Waals surface area contributed by atoms with E-state index in [1.165, 1.54) is 0 Å². The molecule has 2 fully saturated rings. The number of hydrogen-bond donors (Lipinski definition) is 1. The zero-order valence-corrected chi connectivity index (χ0v) is 15.2. The molecule has 2 aliphatic rings. The van der Waals surface area contributed by atoms with Crippen molar-refractivity contribution in [1.29, 1.82) is 0 Å². The summed E-state index contributed by atoms with van der Waals surface area (Å²) in [6.45, 7) is 1.96. The first-order chi connectivity index (χ1) is 12.6. The molecule has 0 aromatic heterocycles. The van der Waals surface area contributed by atoms with Gasteiger partial charge in [-0.25, -0.2) is 0 Å². The Morgan fingerprint density at radius 2 is 1.96 bits per heavy atom. The highest BCUT2D eigenvalue weighted by Crippen LogP contribution is 2.49. The van der Waals surface area contributed by atoms with Crippen LogP contribution in [0.5, 0.6) is 5.75 Å². The number of phenols is 1. The minimum absolute atomic E-state index is 0.156. The van der Waals surface area contributed by atoms with Crippen molar-refractivity contribution >= 4 is 11.9 Å². The van der Waals surface area contributed by atoms with Gasteiger partial charge in [0, 0.05) is 18.4 Å². The van der Waals surface area contributed by atoms with Crippen molar-refractivity contribution in [2.45, 2.75) is 24.7 Å². The molecule has 2 aromatic carbocycles. The summed E-state index contributed by atoms with van der Waals surface area (Å²) < 4.78 is 0. The first kappa shape index (κ1) is 17.0. The van der Waals surface area contributed by atoms with Gasteiger partial charge in [0.1, 0.15) is 5.75 Å². The van der Waals surface area contributed by atoms with E-state index < -0.39 is 0 Å². The van der Waals surface area contributed by atoms with E-state index >= 15 is 0 Å². The molecule has 4 rings (SSSR count). The summed E-state index contributed by atoms with van der Waals surface area (Å²) in [6, 6.07) is 17.6. The van der Waals surface area contributed by atoms with E-state index in [1.807, 2.05) is 42.5 Å². The maximum Gasteiger partial charge on any atom is 0.159 e. The van der Waals surface area contributed by atoms with Gasteiger partial charge in [0.2, 0.25) is 0 Å². The standard InChI is InChI=1S/C23H25NO2/c1-24-11-10-23(19-8-5-9-21(25)14-19)15-22(26)18(13-20(23)16-24)12-17-6-3-2-4-7-17/h2-9,12,14,20,25H,10-11,13,15-16H2,1H3/t20-,23+/m1/s1. The minimum atomic E-state index is -0.156. The molecule has 1 heterocycles. The zero-order chi connectivity index (χ0) is 18.1. The van der Waals surface area contributed by atoms with Gasteiger partial charge in [0.05, 0.1) is 0 Å². The van der Waals surface area contributed by atoms with Crippen LogP contribution in [0, 0.1) is 5.92 Å². The highest BCUT2D eigenvalue weighted by molar-refractivity contribution is 6.01. The normalized spacial score (nSPS) is 28.1. The van der Waals surface area contributed by atoms with E-state index in [0.29, 0.717) is 12.3 Å². The quantitative estimate of drug-likeness (QED) is 0.834. The Hall–Kier alpha value is -2.39. The third-order valence-electron chi connectivity index (χ3n) is 6.12. The number of allylic oxidation sites excluding steroid dienone is 1. The molecular formula is C23H25NO2. The van der Waals surface area contributed by atoms with Crippen molar-refractivity contribution in [3.8, 4) is 5.75 Å². The van der Waals surface area contributed by atoms with E-state index in [0.717, 1.165) is 42.6 Å². The van der Waals surface area contributed by atoms with Crippen molar-refractivity contribution in [3.05, 3.63) is 71.3 Å². The van der Waals surface area contributed by atoms with Gasteiger partial charge >= 0.3 is 0 Å². The van der Waals surface area contributed by atoms with E-state index in [9.17, 15) is 9.90 Å². The zero-order valence-electron chi connectivity index (χ0n) is 15.2. The van der Waals surface area contributed by atoms with E-state index in [1.54, 1.807) is 6.07 Å². The number of benzene rings is 2. The average Bonchev–Trinajstić information content (AvgIpc) is 2.64. The van der Waals surface area contributed by atoms with Gasteiger partial charge < -0.3 is 10.0 Å². The number of fused-ring (bicyclic) bond motifs is 1. The van der Waals surface area contributed by atoms with Crippen LogP contribution in [0.3, 0.4) is 0 Å². The highest BCUT2D eigenvalue weighted by atomic mass is 16.3. The maximum absolute atomic E-state index is 13.1. The fraction of sp³-hybridized carbons (Fsp3) is 0.348. The van der Waals surface area contributed by atoms with Crippen LogP contribution in [0.1, 0.15) is 30.4 Å². The Kier molecular flexibility index (Phi) is 4.41. The fourth-order valence-corrected chi connectivity index (χ4v) is 4.70. The number of hydrogen-bond acceptors (Lipinski definition) is 3. The largest absolute Gasteiger partial charge is 0.508 e. The number of likely N-dealkylation sites (tertiary alicyclic amines) is 1. The molecule has 2 aromatic rings. The van der Waals surface area contributed by atoms with Crippen LogP contribution in [0.15, 0.2) is 60.2 Å². The number of carbonyl (C=O) groups excluding carboxylic acids is 1. The lowest BCUT2D eigenvalue weighted by molar-refractivity contribution is -0.120. The molecule has 0 spiro atoms. The molecule has 3 heteroatoms. The summed E-state index contributed by atoms with van der Waals surface area (Å²) >= 11 is 0. The van der Waals surface area contributed by atoms with Crippen LogP contribution in [0.4, 0.5) is 0 Å². The lowest BCUT2D eigenvalue weighted by atomic mass is 9.58. The molecule has 134 valence electrons. The summed E-state index contributed by atoms with van der Waals surface area (Å²) in [6.07, 6.45) is 4.35. The average molecular weight is 347 g/mol. The summed E-state index contributed by atoms with van der Waals surface area (Å²) in [7, 11) is 2.16. The number of Topliss-reactive ketones (excluding diaryl/α,β-unsaturated/α-hetero) is 1. The van der Waals surface area contributed by atoms with E-state index in [2.05, 4.69) is 24.1 Å². The van der Waals surface area contributed by atoms with E-state index in [-0.39, 0.29) is 16.9 Å². The third kappa shape index (κ3) is 3.08. The van der Waals surface area contributed by atoms with Crippen LogP contribution in [-0.4, -0.2) is 35.9 Å². The number of rotatable bonds is 2. The van der Waals surface area contributed by atoms with Crippen molar-refractivity contribution < 1.29 is 9.90 Å².